The third-order valence-electron chi connectivity index (χ3n) is 5.35. The maximum absolute atomic E-state index is 13.0. The third-order valence-corrected chi connectivity index (χ3v) is 5.70. The lowest BCUT2D eigenvalue weighted by molar-refractivity contribution is -0.133. The third kappa shape index (κ3) is 4.37. The van der Waals surface area contributed by atoms with E-state index >= 15 is 0 Å². The van der Waals surface area contributed by atoms with Crippen LogP contribution in [0.15, 0.2) is 48.5 Å². The molecule has 0 aromatic heterocycles. The normalized spacial score (nSPS) is 19.3. The second-order valence-corrected chi connectivity index (χ2v) is 7.87. The second kappa shape index (κ2) is 8.33. The second-order valence-electron chi connectivity index (χ2n) is 7.47. The Morgan fingerprint density at radius 1 is 1.11 bits per heavy atom. The zero-order valence-electron chi connectivity index (χ0n) is 15.7. The molecule has 1 aliphatic heterocycles. The summed E-state index contributed by atoms with van der Waals surface area (Å²) in [5.74, 6) is 0.351. The molecular formula is C22H24ClN3O2. The molecule has 5 nitrogen and oxygen atoms in total. The van der Waals surface area contributed by atoms with Crippen LogP contribution in [0.2, 0.25) is 5.02 Å². The number of hydrogen-bond donors (Lipinski definition) is 2. The number of amides is 2. The van der Waals surface area contributed by atoms with Crippen molar-refractivity contribution in [2.45, 2.75) is 25.3 Å². The molecule has 28 heavy (non-hydrogen) atoms. The van der Waals surface area contributed by atoms with Gasteiger partial charge in [0.05, 0.1) is 12.5 Å². The summed E-state index contributed by atoms with van der Waals surface area (Å²) in [5, 5.41) is 6.97. The summed E-state index contributed by atoms with van der Waals surface area (Å²) in [6, 6.07) is 15.2. The Balaban J connectivity index is 1.42. The summed E-state index contributed by atoms with van der Waals surface area (Å²) in [4.78, 5) is 26.8. The lowest BCUT2D eigenvalue weighted by Gasteiger charge is -2.37. The first kappa shape index (κ1) is 19.0. The van der Waals surface area contributed by atoms with Crippen LogP contribution in [0.4, 0.5) is 5.69 Å². The van der Waals surface area contributed by atoms with Crippen LogP contribution in [0.3, 0.4) is 0 Å². The van der Waals surface area contributed by atoms with Crippen LogP contribution >= 0.6 is 11.6 Å². The van der Waals surface area contributed by atoms with E-state index in [2.05, 4.69) is 10.6 Å². The molecule has 2 aliphatic rings. The van der Waals surface area contributed by atoms with Gasteiger partial charge >= 0.3 is 0 Å². The van der Waals surface area contributed by atoms with E-state index in [1.807, 2.05) is 53.4 Å². The SMILES string of the molecule is O=C(Nc1ccc(CC(=O)N2CCNCC2c2ccccc2Cl)cc1)C1CC1. The first-order valence-electron chi connectivity index (χ1n) is 9.76. The molecule has 1 heterocycles. The smallest absolute Gasteiger partial charge is 0.227 e. The molecule has 2 aromatic rings. The standard InChI is InChI=1S/C22H24ClN3O2/c23-19-4-2-1-3-18(19)20-14-24-11-12-26(20)21(27)13-15-5-9-17(10-6-15)25-22(28)16-7-8-16/h1-6,9-10,16,20,24H,7-8,11-14H2,(H,25,28). The predicted molar refractivity (Wildman–Crippen MR) is 110 cm³/mol. The number of piperazine rings is 1. The van der Waals surface area contributed by atoms with Crippen LogP contribution in [-0.4, -0.2) is 36.3 Å². The lowest BCUT2D eigenvalue weighted by atomic mass is 10.0. The molecule has 1 saturated carbocycles. The van der Waals surface area contributed by atoms with Crippen molar-refractivity contribution in [2.24, 2.45) is 5.92 Å². The number of benzene rings is 2. The van der Waals surface area contributed by atoms with Crippen molar-refractivity contribution in [3.8, 4) is 0 Å². The van der Waals surface area contributed by atoms with Crippen molar-refractivity contribution >= 4 is 29.1 Å². The van der Waals surface area contributed by atoms with Crippen LogP contribution in [0.25, 0.3) is 0 Å². The molecule has 2 N–H and O–H groups in total. The zero-order valence-corrected chi connectivity index (χ0v) is 16.4. The number of nitrogens with one attached hydrogen (secondary N) is 2. The lowest BCUT2D eigenvalue weighted by Crippen LogP contribution is -2.49. The number of carbonyl (C=O) groups excluding carboxylic acids is 2. The van der Waals surface area contributed by atoms with Crippen molar-refractivity contribution in [3.63, 3.8) is 0 Å². The van der Waals surface area contributed by atoms with Crippen molar-refractivity contribution in [1.82, 2.24) is 10.2 Å². The number of hydrogen-bond acceptors (Lipinski definition) is 3. The molecular weight excluding hydrogens is 374 g/mol. The van der Waals surface area contributed by atoms with Gasteiger partial charge in [0.1, 0.15) is 0 Å². The Bertz CT molecular complexity index is 864. The van der Waals surface area contributed by atoms with Crippen molar-refractivity contribution in [3.05, 3.63) is 64.7 Å². The quantitative estimate of drug-likeness (QED) is 0.812. The van der Waals surface area contributed by atoms with E-state index < -0.39 is 0 Å². The van der Waals surface area contributed by atoms with Gasteiger partial charge in [-0.25, -0.2) is 0 Å². The molecule has 2 amide bonds. The van der Waals surface area contributed by atoms with E-state index in [9.17, 15) is 9.59 Å². The summed E-state index contributed by atoms with van der Waals surface area (Å²) in [6.07, 6.45) is 2.29. The van der Waals surface area contributed by atoms with Gasteiger partial charge in [0.2, 0.25) is 11.8 Å². The first-order chi connectivity index (χ1) is 13.6. The Morgan fingerprint density at radius 2 is 1.86 bits per heavy atom. The fourth-order valence-electron chi connectivity index (χ4n) is 3.60. The average molecular weight is 398 g/mol. The summed E-state index contributed by atoms with van der Waals surface area (Å²) in [7, 11) is 0. The molecule has 1 aliphatic carbocycles. The van der Waals surface area contributed by atoms with E-state index in [1.165, 1.54) is 0 Å². The number of anilines is 1. The van der Waals surface area contributed by atoms with Crippen LogP contribution in [0.1, 0.15) is 30.0 Å². The van der Waals surface area contributed by atoms with Crippen molar-refractivity contribution < 1.29 is 9.59 Å². The number of carbonyl (C=O) groups is 2. The van der Waals surface area contributed by atoms with Gasteiger partial charge in [-0.15, -0.1) is 0 Å². The molecule has 4 rings (SSSR count). The van der Waals surface area contributed by atoms with Gasteiger partial charge in [0.15, 0.2) is 0 Å². The summed E-state index contributed by atoms with van der Waals surface area (Å²) in [6.45, 7) is 2.13. The Morgan fingerprint density at radius 3 is 2.57 bits per heavy atom. The molecule has 2 fully saturated rings. The van der Waals surface area contributed by atoms with E-state index in [0.29, 0.717) is 24.5 Å². The summed E-state index contributed by atoms with van der Waals surface area (Å²) in [5.41, 5.74) is 2.69. The molecule has 6 heteroatoms. The molecule has 1 saturated heterocycles. The summed E-state index contributed by atoms with van der Waals surface area (Å²) < 4.78 is 0. The van der Waals surface area contributed by atoms with Crippen LogP contribution < -0.4 is 10.6 Å². The summed E-state index contributed by atoms with van der Waals surface area (Å²) >= 11 is 6.37. The predicted octanol–water partition coefficient (Wildman–Crippen LogP) is 3.40. The van der Waals surface area contributed by atoms with Crippen molar-refractivity contribution in [2.75, 3.05) is 25.0 Å². The highest BCUT2D eigenvalue weighted by Crippen LogP contribution is 2.31. The van der Waals surface area contributed by atoms with E-state index in [0.717, 1.165) is 36.2 Å². The Labute approximate surface area is 170 Å². The highest BCUT2D eigenvalue weighted by atomic mass is 35.5. The van der Waals surface area contributed by atoms with Crippen molar-refractivity contribution in [1.29, 1.82) is 0 Å². The van der Waals surface area contributed by atoms with Gasteiger partial charge in [-0.1, -0.05) is 41.9 Å². The minimum Gasteiger partial charge on any atom is -0.333 e. The number of halogens is 1. The van der Waals surface area contributed by atoms with Gasteiger partial charge in [-0.05, 0) is 42.2 Å². The van der Waals surface area contributed by atoms with Crippen LogP contribution in [-0.2, 0) is 16.0 Å². The maximum atomic E-state index is 13.0. The molecule has 146 valence electrons. The Hall–Kier alpha value is -2.37. The van der Waals surface area contributed by atoms with Gasteiger partial charge in [0.25, 0.3) is 0 Å². The maximum Gasteiger partial charge on any atom is 0.227 e. The fraction of sp³-hybridized carbons (Fsp3) is 0.364. The molecule has 0 spiro atoms. The fourth-order valence-corrected chi connectivity index (χ4v) is 3.86. The highest BCUT2D eigenvalue weighted by Gasteiger charge is 2.30. The van der Waals surface area contributed by atoms with E-state index in [-0.39, 0.29) is 23.8 Å². The molecule has 1 atom stereocenters. The first-order valence-corrected chi connectivity index (χ1v) is 10.1. The molecule has 2 aromatic carbocycles. The monoisotopic (exact) mass is 397 g/mol. The number of rotatable bonds is 5. The number of nitrogens with zero attached hydrogens (tertiary/aromatic N) is 1. The van der Waals surface area contributed by atoms with Crippen LogP contribution in [0, 0.1) is 5.92 Å². The largest absolute Gasteiger partial charge is 0.333 e. The molecule has 1 unspecified atom stereocenters. The minimum atomic E-state index is -0.0629. The topological polar surface area (TPSA) is 61.4 Å². The average Bonchev–Trinajstić information content (AvgIpc) is 3.55. The highest BCUT2D eigenvalue weighted by molar-refractivity contribution is 6.31. The van der Waals surface area contributed by atoms with E-state index in [4.69, 9.17) is 11.6 Å². The zero-order chi connectivity index (χ0) is 19.5. The minimum absolute atomic E-state index is 0.0629. The molecule has 0 bridgehead atoms. The van der Waals surface area contributed by atoms with Crippen LogP contribution in [0.5, 0.6) is 0 Å². The van der Waals surface area contributed by atoms with Gasteiger partial charge in [0, 0.05) is 36.3 Å². The van der Waals surface area contributed by atoms with Gasteiger partial charge < -0.3 is 15.5 Å². The van der Waals surface area contributed by atoms with Gasteiger partial charge in [-0.3, -0.25) is 9.59 Å². The van der Waals surface area contributed by atoms with E-state index in [1.54, 1.807) is 0 Å². The molecule has 0 radical (unpaired) electrons. The Kier molecular flexibility index (Phi) is 5.64. The van der Waals surface area contributed by atoms with Gasteiger partial charge in [-0.2, -0.15) is 0 Å².